The Morgan fingerprint density at radius 1 is 1.10 bits per heavy atom. The van der Waals surface area contributed by atoms with Gasteiger partial charge in [-0.15, -0.1) is 0 Å². The molecule has 0 aliphatic heterocycles. The van der Waals surface area contributed by atoms with Gasteiger partial charge in [0.15, 0.2) is 0 Å². The minimum atomic E-state index is -0.423. The van der Waals surface area contributed by atoms with Gasteiger partial charge in [0.1, 0.15) is 12.4 Å². The van der Waals surface area contributed by atoms with E-state index in [1.54, 1.807) is 36.4 Å². The van der Waals surface area contributed by atoms with Gasteiger partial charge >= 0.3 is 0 Å². The molecule has 20 heavy (non-hydrogen) atoms. The molecule has 0 atom stereocenters. The summed E-state index contributed by atoms with van der Waals surface area (Å²) >= 11 is 5.77. The Bertz CT molecular complexity index is 570. The zero-order valence-corrected chi connectivity index (χ0v) is 11.3. The van der Waals surface area contributed by atoms with E-state index in [2.05, 4.69) is 5.32 Å². The number of hydrogen-bond donors (Lipinski definition) is 1. The lowest BCUT2D eigenvalue weighted by atomic mass is 10.3. The van der Waals surface area contributed by atoms with Crippen molar-refractivity contribution in [3.05, 3.63) is 63.7 Å². The molecule has 0 aromatic heterocycles. The van der Waals surface area contributed by atoms with Crippen molar-refractivity contribution in [2.45, 2.75) is 0 Å². The van der Waals surface area contributed by atoms with Crippen LogP contribution in [0.5, 0.6) is 5.75 Å². The zero-order valence-electron chi connectivity index (χ0n) is 10.6. The van der Waals surface area contributed by atoms with Crippen LogP contribution in [0, 0.1) is 10.1 Å². The van der Waals surface area contributed by atoms with E-state index in [-0.39, 0.29) is 5.69 Å². The lowest BCUT2D eigenvalue weighted by Crippen LogP contribution is -2.11. The van der Waals surface area contributed by atoms with Crippen molar-refractivity contribution < 1.29 is 9.66 Å². The number of halogens is 1. The Balaban J connectivity index is 1.75. The molecule has 2 aromatic carbocycles. The summed E-state index contributed by atoms with van der Waals surface area (Å²) in [5, 5.41) is 14.3. The Kier molecular flexibility index (Phi) is 4.79. The van der Waals surface area contributed by atoms with Gasteiger partial charge in [0.25, 0.3) is 5.69 Å². The monoisotopic (exact) mass is 292 g/mol. The fourth-order valence-electron chi connectivity index (χ4n) is 1.60. The van der Waals surface area contributed by atoms with Crippen LogP contribution in [-0.2, 0) is 0 Å². The van der Waals surface area contributed by atoms with E-state index in [0.29, 0.717) is 18.2 Å². The number of nitro benzene ring substituents is 1. The summed E-state index contributed by atoms with van der Waals surface area (Å²) in [6.07, 6.45) is 0. The van der Waals surface area contributed by atoms with Gasteiger partial charge in [0.05, 0.1) is 4.92 Å². The van der Waals surface area contributed by atoms with E-state index in [1.807, 2.05) is 0 Å². The Labute approximate surface area is 121 Å². The fourth-order valence-corrected chi connectivity index (χ4v) is 1.72. The maximum Gasteiger partial charge on any atom is 0.269 e. The smallest absolute Gasteiger partial charge is 0.269 e. The van der Waals surface area contributed by atoms with Crippen LogP contribution in [0.2, 0.25) is 5.02 Å². The zero-order chi connectivity index (χ0) is 14.4. The van der Waals surface area contributed by atoms with E-state index in [9.17, 15) is 10.1 Å². The third kappa shape index (κ3) is 4.13. The molecule has 2 rings (SSSR count). The van der Waals surface area contributed by atoms with Crippen LogP contribution in [0.3, 0.4) is 0 Å². The van der Waals surface area contributed by atoms with Gasteiger partial charge in [-0.1, -0.05) is 11.6 Å². The molecule has 0 unspecified atom stereocenters. The van der Waals surface area contributed by atoms with Gasteiger partial charge in [0, 0.05) is 29.4 Å². The summed E-state index contributed by atoms with van der Waals surface area (Å²) in [7, 11) is 0. The Morgan fingerprint density at radius 3 is 2.35 bits per heavy atom. The SMILES string of the molecule is O=[N+]([O-])c1ccc(NCCOc2ccc(Cl)cc2)cc1. The number of ether oxygens (including phenoxy) is 1. The van der Waals surface area contributed by atoms with Gasteiger partial charge in [-0.05, 0) is 36.4 Å². The second kappa shape index (κ2) is 6.77. The van der Waals surface area contributed by atoms with E-state index < -0.39 is 4.92 Å². The van der Waals surface area contributed by atoms with Crippen molar-refractivity contribution in [2.75, 3.05) is 18.5 Å². The first kappa shape index (κ1) is 14.1. The second-order valence-corrected chi connectivity index (χ2v) is 4.47. The Morgan fingerprint density at radius 2 is 1.75 bits per heavy atom. The molecular formula is C14H13ClN2O3. The highest BCUT2D eigenvalue weighted by Gasteiger charge is 2.03. The second-order valence-electron chi connectivity index (χ2n) is 4.03. The molecular weight excluding hydrogens is 280 g/mol. The van der Waals surface area contributed by atoms with E-state index in [4.69, 9.17) is 16.3 Å². The van der Waals surface area contributed by atoms with Gasteiger partial charge in [0.2, 0.25) is 0 Å². The van der Waals surface area contributed by atoms with Gasteiger partial charge in [-0.2, -0.15) is 0 Å². The maximum absolute atomic E-state index is 10.5. The van der Waals surface area contributed by atoms with Crippen LogP contribution in [-0.4, -0.2) is 18.1 Å². The molecule has 0 amide bonds. The topological polar surface area (TPSA) is 64.4 Å². The molecule has 0 aliphatic rings. The number of non-ortho nitro benzene ring substituents is 1. The standard InChI is InChI=1S/C14H13ClN2O3/c15-11-1-7-14(8-2-11)20-10-9-16-12-3-5-13(6-4-12)17(18)19/h1-8,16H,9-10H2. The lowest BCUT2D eigenvalue weighted by molar-refractivity contribution is -0.384. The number of nitro groups is 1. The van der Waals surface area contributed by atoms with Gasteiger partial charge in [-0.25, -0.2) is 0 Å². The van der Waals surface area contributed by atoms with Crippen molar-refractivity contribution in [1.29, 1.82) is 0 Å². The summed E-state index contributed by atoms with van der Waals surface area (Å²) in [4.78, 5) is 10.1. The summed E-state index contributed by atoms with van der Waals surface area (Å²) in [6, 6.07) is 13.4. The number of nitrogens with zero attached hydrogens (tertiary/aromatic N) is 1. The van der Waals surface area contributed by atoms with Crippen molar-refractivity contribution in [3.8, 4) is 5.75 Å². The van der Waals surface area contributed by atoms with Crippen molar-refractivity contribution in [2.24, 2.45) is 0 Å². The highest BCUT2D eigenvalue weighted by atomic mass is 35.5. The first-order valence-corrected chi connectivity index (χ1v) is 6.39. The normalized spacial score (nSPS) is 10.1. The van der Waals surface area contributed by atoms with Crippen LogP contribution in [0.15, 0.2) is 48.5 Å². The molecule has 2 aromatic rings. The Hall–Kier alpha value is -2.27. The van der Waals surface area contributed by atoms with E-state index in [0.717, 1.165) is 11.4 Å². The van der Waals surface area contributed by atoms with Crippen LogP contribution in [0.25, 0.3) is 0 Å². The molecule has 0 bridgehead atoms. The molecule has 0 spiro atoms. The molecule has 6 heteroatoms. The average molecular weight is 293 g/mol. The van der Waals surface area contributed by atoms with Gasteiger partial charge < -0.3 is 10.1 Å². The molecule has 0 saturated heterocycles. The molecule has 0 fully saturated rings. The highest BCUT2D eigenvalue weighted by Crippen LogP contribution is 2.16. The molecule has 104 valence electrons. The third-order valence-corrected chi connectivity index (χ3v) is 2.84. The minimum absolute atomic E-state index is 0.0768. The number of hydrogen-bond acceptors (Lipinski definition) is 4. The number of rotatable bonds is 6. The first-order valence-electron chi connectivity index (χ1n) is 6.02. The lowest BCUT2D eigenvalue weighted by Gasteiger charge is -2.08. The molecule has 5 nitrogen and oxygen atoms in total. The fraction of sp³-hybridized carbons (Fsp3) is 0.143. The van der Waals surface area contributed by atoms with Crippen LogP contribution in [0.1, 0.15) is 0 Å². The molecule has 1 N–H and O–H groups in total. The summed E-state index contributed by atoms with van der Waals surface area (Å²) in [5.41, 5.74) is 0.892. The number of nitrogens with one attached hydrogen (secondary N) is 1. The van der Waals surface area contributed by atoms with Crippen LogP contribution >= 0.6 is 11.6 Å². The quantitative estimate of drug-likeness (QED) is 0.500. The molecule has 0 heterocycles. The summed E-state index contributed by atoms with van der Waals surface area (Å²) < 4.78 is 5.52. The number of anilines is 1. The van der Waals surface area contributed by atoms with Crippen LogP contribution in [0.4, 0.5) is 11.4 Å². The largest absolute Gasteiger partial charge is 0.492 e. The molecule has 0 saturated carbocycles. The molecule has 0 radical (unpaired) electrons. The van der Waals surface area contributed by atoms with Crippen LogP contribution < -0.4 is 10.1 Å². The first-order chi connectivity index (χ1) is 9.65. The van der Waals surface area contributed by atoms with Crippen molar-refractivity contribution in [1.82, 2.24) is 0 Å². The third-order valence-electron chi connectivity index (χ3n) is 2.59. The highest BCUT2D eigenvalue weighted by molar-refractivity contribution is 6.30. The maximum atomic E-state index is 10.5. The predicted octanol–water partition coefficient (Wildman–Crippen LogP) is 3.74. The van der Waals surface area contributed by atoms with Gasteiger partial charge in [-0.3, -0.25) is 10.1 Å². The van der Waals surface area contributed by atoms with E-state index >= 15 is 0 Å². The minimum Gasteiger partial charge on any atom is -0.492 e. The molecule has 0 aliphatic carbocycles. The van der Waals surface area contributed by atoms with Crippen molar-refractivity contribution in [3.63, 3.8) is 0 Å². The predicted molar refractivity (Wildman–Crippen MR) is 78.5 cm³/mol. The summed E-state index contributed by atoms with van der Waals surface area (Å²) in [6.45, 7) is 1.08. The van der Waals surface area contributed by atoms with E-state index in [1.165, 1.54) is 12.1 Å². The number of benzene rings is 2. The summed E-state index contributed by atoms with van der Waals surface area (Å²) in [5.74, 6) is 0.750. The van der Waals surface area contributed by atoms with Crippen molar-refractivity contribution >= 4 is 23.0 Å². The average Bonchev–Trinajstić information content (AvgIpc) is 2.46.